The van der Waals surface area contributed by atoms with E-state index in [9.17, 15) is 13.2 Å². The van der Waals surface area contributed by atoms with Gasteiger partial charge in [-0.3, -0.25) is 0 Å². The largest absolute Gasteiger partial charge is 0.381 e. The summed E-state index contributed by atoms with van der Waals surface area (Å²) < 4.78 is 42.7. The molecule has 0 N–H and O–H groups in total. The predicted octanol–water partition coefficient (Wildman–Crippen LogP) is 5.96. The number of halogens is 4. The first-order valence-corrected chi connectivity index (χ1v) is 11.0. The molecular weight excluding hydrogens is 469 g/mol. The molecule has 0 spiro atoms. The van der Waals surface area contributed by atoms with E-state index in [1.165, 1.54) is 50.1 Å². The van der Waals surface area contributed by atoms with Crippen LogP contribution in [0.25, 0.3) is 22.4 Å². The molecule has 0 unspecified atom stereocenters. The fraction of sp³-hybridized carbons (Fsp3) is 0.348. The molecule has 1 aromatic carbocycles. The van der Waals surface area contributed by atoms with Crippen LogP contribution in [0.5, 0.6) is 0 Å². The van der Waals surface area contributed by atoms with Crippen LogP contribution >= 0.6 is 11.6 Å². The Morgan fingerprint density at radius 2 is 1.76 bits per heavy atom. The van der Waals surface area contributed by atoms with Gasteiger partial charge < -0.3 is 4.74 Å². The number of aromatic nitrogens is 6. The Kier molecular flexibility index (Phi) is 9.29. The Morgan fingerprint density at radius 1 is 1.03 bits per heavy atom. The molecule has 4 heterocycles. The van der Waals surface area contributed by atoms with Crippen molar-refractivity contribution in [3.8, 4) is 11.3 Å². The molecule has 0 aliphatic carbocycles. The van der Waals surface area contributed by atoms with E-state index >= 15 is 0 Å². The molecule has 1 aliphatic heterocycles. The van der Waals surface area contributed by atoms with Crippen LogP contribution < -0.4 is 0 Å². The standard InChI is InChI=1S/C14H10ClFN4.C5H10O.C4H4F2N2/c1-7-8(2)20-14-13(19-7)12(17-6-18-14)10-4-3-9(15)5-11(10)16;1-2-4-6-5-3-1;5-4(6)8-3-1-2-7-8/h3-6H,1-2H3;1-5H2;1-4H. The lowest BCUT2D eigenvalue weighted by Crippen LogP contribution is -2.03. The van der Waals surface area contributed by atoms with Gasteiger partial charge in [0.2, 0.25) is 0 Å². The van der Waals surface area contributed by atoms with Crippen LogP contribution in [0.4, 0.5) is 13.2 Å². The SMILES string of the molecule is C1CCOCC1.Cc1nc2ncnc(-c3ccc(Cl)cc3F)c2nc1C.FC(F)n1cccn1. The Balaban J connectivity index is 0.000000188. The average molecular weight is 493 g/mol. The maximum absolute atomic E-state index is 14.1. The van der Waals surface area contributed by atoms with Crippen molar-refractivity contribution >= 4 is 22.8 Å². The van der Waals surface area contributed by atoms with Crippen LogP contribution in [-0.4, -0.2) is 42.9 Å². The molecule has 5 rings (SSSR count). The maximum Gasteiger partial charge on any atom is 0.333 e. The predicted molar refractivity (Wildman–Crippen MR) is 123 cm³/mol. The van der Waals surface area contributed by atoms with Crippen LogP contribution in [0.1, 0.15) is 37.2 Å². The summed E-state index contributed by atoms with van der Waals surface area (Å²) >= 11 is 5.77. The number of benzene rings is 1. The molecule has 0 saturated carbocycles. The average Bonchev–Trinajstić information content (AvgIpc) is 3.38. The van der Waals surface area contributed by atoms with Gasteiger partial charge in [-0.15, -0.1) is 0 Å². The smallest absolute Gasteiger partial charge is 0.333 e. The number of hydrogen-bond acceptors (Lipinski definition) is 6. The van der Waals surface area contributed by atoms with E-state index in [4.69, 9.17) is 16.3 Å². The first-order chi connectivity index (χ1) is 16.4. The number of fused-ring (bicyclic) bond motifs is 1. The highest BCUT2D eigenvalue weighted by molar-refractivity contribution is 6.30. The van der Waals surface area contributed by atoms with Crippen LogP contribution in [0, 0.1) is 19.7 Å². The van der Waals surface area contributed by atoms with Gasteiger partial charge >= 0.3 is 6.55 Å². The van der Waals surface area contributed by atoms with E-state index in [0.717, 1.165) is 24.6 Å². The lowest BCUT2D eigenvalue weighted by Gasteiger charge is -2.08. The highest BCUT2D eigenvalue weighted by atomic mass is 35.5. The summed E-state index contributed by atoms with van der Waals surface area (Å²) in [6.45, 7) is 3.19. The van der Waals surface area contributed by atoms with Gasteiger partial charge in [-0.1, -0.05) is 11.6 Å². The fourth-order valence-electron chi connectivity index (χ4n) is 3.00. The molecule has 34 heavy (non-hydrogen) atoms. The molecule has 1 fully saturated rings. The van der Waals surface area contributed by atoms with Crippen molar-refractivity contribution in [2.75, 3.05) is 13.2 Å². The van der Waals surface area contributed by atoms with E-state index < -0.39 is 12.4 Å². The Bertz CT molecular complexity index is 1190. The number of rotatable bonds is 2. The Hall–Kier alpha value is -3.11. The minimum absolute atomic E-state index is 0.333. The third-order valence-electron chi connectivity index (χ3n) is 4.87. The van der Waals surface area contributed by atoms with Gasteiger partial charge in [-0.05, 0) is 57.4 Å². The van der Waals surface area contributed by atoms with Crippen LogP contribution in [-0.2, 0) is 4.74 Å². The van der Waals surface area contributed by atoms with E-state index in [2.05, 4.69) is 25.0 Å². The number of aryl methyl sites for hydroxylation is 2. The Labute approximate surface area is 200 Å². The summed E-state index contributed by atoms with van der Waals surface area (Å²) in [4.78, 5) is 17.0. The van der Waals surface area contributed by atoms with Gasteiger partial charge in [0.15, 0.2) is 5.65 Å². The van der Waals surface area contributed by atoms with Crippen LogP contribution in [0.3, 0.4) is 0 Å². The summed E-state index contributed by atoms with van der Waals surface area (Å²) in [6, 6.07) is 5.89. The minimum atomic E-state index is -2.51. The second-order valence-corrected chi connectivity index (χ2v) is 7.79. The van der Waals surface area contributed by atoms with Gasteiger partial charge in [-0.2, -0.15) is 13.9 Å². The summed E-state index contributed by atoms with van der Waals surface area (Å²) in [6.07, 6.45) is 7.81. The van der Waals surface area contributed by atoms with E-state index in [0.29, 0.717) is 32.1 Å². The number of ether oxygens (including phenoxy) is 1. The van der Waals surface area contributed by atoms with Crippen molar-refractivity contribution in [3.63, 3.8) is 0 Å². The molecule has 0 amide bonds. The van der Waals surface area contributed by atoms with Crippen molar-refractivity contribution in [1.29, 1.82) is 0 Å². The fourth-order valence-corrected chi connectivity index (χ4v) is 3.16. The molecule has 1 saturated heterocycles. The Morgan fingerprint density at radius 3 is 2.29 bits per heavy atom. The van der Waals surface area contributed by atoms with Gasteiger partial charge in [0.1, 0.15) is 23.4 Å². The number of nitrogens with zero attached hydrogens (tertiary/aromatic N) is 6. The van der Waals surface area contributed by atoms with Crippen molar-refractivity contribution in [1.82, 2.24) is 29.7 Å². The van der Waals surface area contributed by atoms with Crippen LogP contribution in [0.2, 0.25) is 5.02 Å². The molecule has 0 bridgehead atoms. The normalized spacial score (nSPS) is 13.1. The zero-order valence-electron chi connectivity index (χ0n) is 18.8. The molecular formula is C23H24ClF3N6O. The van der Waals surface area contributed by atoms with E-state index in [1.807, 2.05) is 13.8 Å². The summed E-state index contributed by atoms with van der Waals surface area (Å²) in [5.41, 5.74) is 3.24. The molecule has 0 radical (unpaired) electrons. The quantitative estimate of drug-likeness (QED) is 0.343. The topological polar surface area (TPSA) is 78.6 Å². The first-order valence-electron chi connectivity index (χ1n) is 10.6. The minimum Gasteiger partial charge on any atom is -0.381 e. The summed E-state index contributed by atoms with van der Waals surface area (Å²) in [7, 11) is 0. The first kappa shape index (κ1) is 25.5. The van der Waals surface area contributed by atoms with Crippen molar-refractivity contribution in [2.24, 2.45) is 0 Å². The van der Waals surface area contributed by atoms with Crippen molar-refractivity contribution in [2.45, 2.75) is 39.7 Å². The molecule has 0 atom stereocenters. The third kappa shape index (κ3) is 6.94. The molecule has 11 heteroatoms. The molecule has 4 aromatic rings. The second-order valence-electron chi connectivity index (χ2n) is 7.35. The van der Waals surface area contributed by atoms with Crippen LogP contribution in [0.15, 0.2) is 43.0 Å². The highest BCUT2D eigenvalue weighted by Gasteiger charge is 2.14. The summed E-state index contributed by atoms with van der Waals surface area (Å²) in [5, 5.41) is 3.62. The van der Waals surface area contributed by atoms with E-state index in [1.54, 1.807) is 12.1 Å². The number of hydrogen-bond donors (Lipinski definition) is 0. The maximum atomic E-state index is 14.1. The molecule has 180 valence electrons. The zero-order chi connectivity index (χ0) is 24.5. The van der Waals surface area contributed by atoms with E-state index in [-0.39, 0.29) is 0 Å². The second kappa shape index (κ2) is 12.4. The molecule has 1 aliphatic rings. The van der Waals surface area contributed by atoms with Gasteiger partial charge in [0.25, 0.3) is 0 Å². The zero-order valence-corrected chi connectivity index (χ0v) is 19.5. The highest BCUT2D eigenvalue weighted by Crippen LogP contribution is 2.27. The monoisotopic (exact) mass is 492 g/mol. The lowest BCUT2D eigenvalue weighted by atomic mass is 10.1. The summed E-state index contributed by atoms with van der Waals surface area (Å²) in [5.74, 6) is -0.447. The third-order valence-corrected chi connectivity index (χ3v) is 5.10. The molecule has 7 nitrogen and oxygen atoms in total. The van der Waals surface area contributed by atoms with Gasteiger partial charge in [-0.25, -0.2) is 29.0 Å². The lowest BCUT2D eigenvalue weighted by molar-refractivity contribution is 0.0566. The number of alkyl halides is 2. The van der Waals surface area contributed by atoms with Crippen molar-refractivity contribution in [3.05, 3.63) is 65.2 Å². The van der Waals surface area contributed by atoms with Gasteiger partial charge in [0, 0.05) is 36.2 Å². The van der Waals surface area contributed by atoms with Gasteiger partial charge in [0.05, 0.1) is 11.4 Å². The molecule has 3 aromatic heterocycles. The van der Waals surface area contributed by atoms with Crippen molar-refractivity contribution < 1.29 is 17.9 Å².